The van der Waals surface area contributed by atoms with Gasteiger partial charge in [-0.2, -0.15) is 0 Å². The molecule has 0 spiro atoms. The predicted molar refractivity (Wildman–Crippen MR) is 81.1 cm³/mol. The Kier molecular flexibility index (Phi) is 3.73. The summed E-state index contributed by atoms with van der Waals surface area (Å²) >= 11 is 11.9. The molecule has 1 N–H and O–H groups in total. The number of nitrogens with zero attached hydrogens (tertiary/aromatic N) is 2. The lowest BCUT2D eigenvalue weighted by Gasteiger charge is -2.13. The maximum Gasteiger partial charge on any atom is 0.261 e. The molecule has 0 bridgehead atoms. The number of imidazole rings is 1. The number of sulfonamides is 1. The molecule has 0 fully saturated rings. The monoisotopic (exact) mass is 345 g/mol. The molecule has 1 aliphatic carbocycles. The van der Waals surface area contributed by atoms with Crippen LogP contribution >= 0.6 is 23.2 Å². The largest absolute Gasteiger partial charge is 0.324 e. The van der Waals surface area contributed by atoms with Gasteiger partial charge in [-0.05, 0) is 36.1 Å². The molecule has 0 unspecified atom stereocenters. The van der Waals surface area contributed by atoms with E-state index in [9.17, 15) is 8.42 Å². The Labute approximate surface area is 132 Å². The highest BCUT2D eigenvalue weighted by molar-refractivity contribution is 7.89. The van der Waals surface area contributed by atoms with Crippen LogP contribution in [0.25, 0.3) is 0 Å². The van der Waals surface area contributed by atoms with Gasteiger partial charge in [0.15, 0.2) is 0 Å². The number of fused-ring (bicyclic) bond motifs is 1. The minimum Gasteiger partial charge on any atom is -0.324 e. The molecule has 5 nitrogen and oxygen atoms in total. The van der Waals surface area contributed by atoms with Crippen LogP contribution < -0.4 is 4.72 Å². The van der Waals surface area contributed by atoms with Crippen molar-refractivity contribution in [3.05, 3.63) is 45.8 Å². The summed E-state index contributed by atoms with van der Waals surface area (Å²) in [6.07, 6.45) is 2.86. The van der Waals surface area contributed by atoms with Crippen LogP contribution in [-0.2, 0) is 23.5 Å². The molecule has 21 heavy (non-hydrogen) atoms. The normalized spacial score (nSPS) is 18.0. The molecule has 0 saturated heterocycles. The van der Waals surface area contributed by atoms with Gasteiger partial charge < -0.3 is 4.57 Å². The smallest absolute Gasteiger partial charge is 0.261 e. The fraction of sp³-hybridized carbons (Fsp3) is 0.308. The van der Waals surface area contributed by atoms with E-state index in [1.165, 1.54) is 10.9 Å². The van der Waals surface area contributed by atoms with Gasteiger partial charge in [0, 0.05) is 18.1 Å². The number of hydrogen-bond donors (Lipinski definition) is 1. The van der Waals surface area contributed by atoms with Crippen molar-refractivity contribution in [2.24, 2.45) is 7.05 Å². The Balaban J connectivity index is 1.90. The minimum atomic E-state index is -3.75. The first-order chi connectivity index (χ1) is 9.88. The van der Waals surface area contributed by atoms with Crippen molar-refractivity contribution in [1.82, 2.24) is 14.3 Å². The zero-order chi connectivity index (χ0) is 15.2. The third kappa shape index (κ3) is 2.68. The van der Waals surface area contributed by atoms with E-state index in [4.69, 9.17) is 23.2 Å². The quantitative estimate of drug-likeness (QED) is 0.929. The molecule has 2 aromatic rings. The molecule has 112 valence electrons. The van der Waals surface area contributed by atoms with Gasteiger partial charge >= 0.3 is 0 Å². The first kappa shape index (κ1) is 14.8. The van der Waals surface area contributed by atoms with Crippen molar-refractivity contribution in [1.29, 1.82) is 0 Å². The molecule has 0 amide bonds. The summed E-state index contributed by atoms with van der Waals surface area (Å²) in [5, 5.41) is 0.607. The Morgan fingerprint density at radius 2 is 2.14 bits per heavy atom. The average Bonchev–Trinajstić information content (AvgIpc) is 2.94. The van der Waals surface area contributed by atoms with Crippen LogP contribution in [0.1, 0.15) is 23.6 Å². The fourth-order valence-electron chi connectivity index (χ4n) is 2.53. The molecule has 1 atom stereocenters. The van der Waals surface area contributed by atoms with E-state index in [-0.39, 0.29) is 16.2 Å². The van der Waals surface area contributed by atoms with Gasteiger partial charge in [-0.15, -0.1) is 0 Å². The SMILES string of the molecule is Cn1cnc(S(=O)(=O)N[C@@H]2CCc3cc(Cl)ccc32)c1Cl. The lowest BCUT2D eigenvalue weighted by atomic mass is 10.1. The zero-order valence-electron chi connectivity index (χ0n) is 11.2. The molecule has 0 saturated carbocycles. The van der Waals surface area contributed by atoms with Crippen LogP contribution in [0.3, 0.4) is 0 Å². The molecule has 0 aliphatic heterocycles. The summed E-state index contributed by atoms with van der Waals surface area (Å²) in [5.41, 5.74) is 2.03. The van der Waals surface area contributed by atoms with Gasteiger partial charge in [0.05, 0.1) is 6.33 Å². The Morgan fingerprint density at radius 3 is 2.81 bits per heavy atom. The average molecular weight is 346 g/mol. The van der Waals surface area contributed by atoms with Crippen LogP contribution in [0.5, 0.6) is 0 Å². The molecule has 1 heterocycles. The second kappa shape index (κ2) is 5.28. The third-order valence-corrected chi connectivity index (χ3v) is 5.76. The molecule has 1 aliphatic rings. The maximum absolute atomic E-state index is 12.4. The number of benzene rings is 1. The van der Waals surface area contributed by atoms with Crippen LogP contribution in [0, 0.1) is 0 Å². The second-order valence-electron chi connectivity index (χ2n) is 5.01. The number of halogens is 2. The van der Waals surface area contributed by atoms with Gasteiger partial charge in [0.25, 0.3) is 10.0 Å². The van der Waals surface area contributed by atoms with Crippen LogP contribution in [0.4, 0.5) is 0 Å². The van der Waals surface area contributed by atoms with Crippen LogP contribution in [-0.4, -0.2) is 18.0 Å². The first-order valence-corrected chi connectivity index (χ1v) is 8.60. The number of aromatic nitrogens is 2. The number of hydrogen-bond acceptors (Lipinski definition) is 3. The van der Waals surface area contributed by atoms with E-state index in [0.29, 0.717) is 11.4 Å². The van der Waals surface area contributed by atoms with Crippen molar-refractivity contribution < 1.29 is 8.42 Å². The third-order valence-electron chi connectivity index (χ3n) is 3.57. The van der Waals surface area contributed by atoms with Crippen molar-refractivity contribution in [2.75, 3.05) is 0 Å². The topological polar surface area (TPSA) is 64.0 Å². The predicted octanol–water partition coefficient (Wildman–Crippen LogP) is 2.69. The van der Waals surface area contributed by atoms with Gasteiger partial charge in [-0.25, -0.2) is 18.1 Å². The highest BCUT2D eigenvalue weighted by Crippen LogP contribution is 2.34. The lowest BCUT2D eigenvalue weighted by molar-refractivity contribution is 0.551. The summed E-state index contributed by atoms with van der Waals surface area (Å²) in [4.78, 5) is 3.86. The molecule has 1 aromatic heterocycles. The summed E-state index contributed by atoms with van der Waals surface area (Å²) in [5.74, 6) is 0. The van der Waals surface area contributed by atoms with Crippen molar-refractivity contribution in [2.45, 2.75) is 23.9 Å². The number of rotatable bonds is 3. The summed E-state index contributed by atoms with van der Waals surface area (Å²) in [6.45, 7) is 0. The lowest BCUT2D eigenvalue weighted by Crippen LogP contribution is -2.28. The molecular weight excluding hydrogens is 333 g/mol. The molecule has 3 rings (SSSR count). The van der Waals surface area contributed by atoms with E-state index in [1.807, 2.05) is 12.1 Å². The van der Waals surface area contributed by atoms with Gasteiger partial charge in [-0.3, -0.25) is 0 Å². The number of nitrogens with one attached hydrogen (secondary N) is 1. The highest BCUT2D eigenvalue weighted by Gasteiger charge is 2.30. The van der Waals surface area contributed by atoms with E-state index < -0.39 is 10.0 Å². The van der Waals surface area contributed by atoms with E-state index in [0.717, 1.165) is 17.5 Å². The Hall–Kier alpha value is -1.08. The highest BCUT2D eigenvalue weighted by atomic mass is 35.5. The summed E-state index contributed by atoms with van der Waals surface area (Å²) in [7, 11) is -2.11. The maximum atomic E-state index is 12.4. The van der Waals surface area contributed by atoms with E-state index in [1.54, 1.807) is 13.1 Å². The fourth-order valence-corrected chi connectivity index (χ4v) is 4.40. The van der Waals surface area contributed by atoms with Gasteiger partial charge in [-0.1, -0.05) is 29.3 Å². The summed E-state index contributed by atoms with van der Waals surface area (Å²) < 4.78 is 28.9. The van der Waals surface area contributed by atoms with Crippen molar-refractivity contribution >= 4 is 33.2 Å². The Bertz CT molecular complexity index is 802. The standard InChI is InChI=1S/C13H13Cl2N3O2S/c1-18-7-16-13(12(18)15)21(19,20)17-11-5-2-8-6-9(14)3-4-10(8)11/h3-4,6-7,11,17H,2,5H2,1H3/t11-/m1/s1. The summed E-state index contributed by atoms with van der Waals surface area (Å²) in [6, 6.07) is 5.22. The molecule has 0 radical (unpaired) electrons. The van der Waals surface area contributed by atoms with Crippen molar-refractivity contribution in [3.63, 3.8) is 0 Å². The zero-order valence-corrected chi connectivity index (χ0v) is 13.5. The molecule has 1 aromatic carbocycles. The molecule has 8 heteroatoms. The minimum absolute atomic E-state index is 0.0943. The first-order valence-electron chi connectivity index (χ1n) is 6.36. The Morgan fingerprint density at radius 1 is 1.38 bits per heavy atom. The van der Waals surface area contributed by atoms with Crippen molar-refractivity contribution in [3.8, 4) is 0 Å². The van der Waals surface area contributed by atoms with Crippen LogP contribution in [0.2, 0.25) is 10.2 Å². The van der Waals surface area contributed by atoms with Crippen LogP contribution in [0.15, 0.2) is 29.6 Å². The van der Waals surface area contributed by atoms with Gasteiger partial charge in [0.1, 0.15) is 5.15 Å². The van der Waals surface area contributed by atoms with Gasteiger partial charge in [0.2, 0.25) is 5.03 Å². The molecular formula is C13H13Cl2N3O2S. The van der Waals surface area contributed by atoms with E-state index >= 15 is 0 Å². The van der Waals surface area contributed by atoms with E-state index in [2.05, 4.69) is 9.71 Å². The second-order valence-corrected chi connectivity index (χ2v) is 7.43. The number of aryl methyl sites for hydroxylation is 2.